The Hall–Kier alpha value is 0. The highest BCUT2D eigenvalue weighted by Crippen LogP contribution is 2.58. The van der Waals surface area contributed by atoms with Crippen molar-refractivity contribution >= 4 is 0 Å². The maximum Gasteiger partial charge on any atom is -0.0241 e. The van der Waals surface area contributed by atoms with Crippen LogP contribution in [0.5, 0.6) is 0 Å². The average Bonchev–Trinajstić information content (AvgIpc) is 3.02. The zero-order chi connectivity index (χ0) is 10.8. The van der Waals surface area contributed by atoms with E-state index in [1.807, 2.05) is 0 Å². The summed E-state index contributed by atoms with van der Waals surface area (Å²) >= 11 is 0. The quantitative estimate of drug-likeness (QED) is 0.591. The lowest BCUT2D eigenvalue weighted by molar-refractivity contribution is 0.0521. The Morgan fingerprint density at radius 1 is 0.500 bits per heavy atom. The van der Waals surface area contributed by atoms with Crippen molar-refractivity contribution < 1.29 is 0 Å². The highest BCUT2D eigenvalue weighted by Gasteiger charge is 2.47. The summed E-state index contributed by atoms with van der Waals surface area (Å²) in [5.41, 5.74) is 0.844. The second-order valence-corrected chi connectivity index (χ2v) is 6.76. The van der Waals surface area contributed by atoms with Crippen LogP contribution in [0, 0.1) is 17.3 Å². The van der Waals surface area contributed by atoms with Gasteiger partial charge >= 0.3 is 0 Å². The van der Waals surface area contributed by atoms with Gasteiger partial charge in [-0.3, -0.25) is 0 Å². The van der Waals surface area contributed by atoms with E-state index in [4.69, 9.17) is 0 Å². The number of rotatable bonds is 2. The van der Waals surface area contributed by atoms with E-state index in [0.29, 0.717) is 0 Å². The van der Waals surface area contributed by atoms with Gasteiger partial charge in [-0.05, 0) is 55.8 Å². The minimum Gasteiger partial charge on any atom is -0.0533 e. The largest absolute Gasteiger partial charge is 0.0533 e. The average molecular weight is 220 g/mol. The fourth-order valence-corrected chi connectivity index (χ4v) is 5.36. The van der Waals surface area contributed by atoms with Crippen LogP contribution in [0.3, 0.4) is 0 Å². The molecule has 0 radical (unpaired) electrons. The molecule has 0 heterocycles. The highest BCUT2D eigenvalue weighted by atomic mass is 14.5. The maximum atomic E-state index is 1.60. The molecule has 0 spiro atoms. The molecule has 0 aromatic heterocycles. The number of hydrogen-bond donors (Lipinski definition) is 0. The SMILES string of the molecule is C1CCC(C2(C3CCCC3)CCCC2)CC1. The summed E-state index contributed by atoms with van der Waals surface area (Å²) in [5, 5.41) is 0. The smallest absolute Gasteiger partial charge is 0.0241 e. The van der Waals surface area contributed by atoms with E-state index in [9.17, 15) is 0 Å². The topological polar surface area (TPSA) is 0 Å². The molecule has 0 nitrogen and oxygen atoms in total. The molecular weight excluding hydrogens is 192 g/mol. The van der Waals surface area contributed by atoms with Crippen LogP contribution in [-0.4, -0.2) is 0 Å². The zero-order valence-electron chi connectivity index (χ0n) is 10.8. The second-order valence-electron chi connectivity index (χ2n) is 6.76. The normalized spacial score (nSPS) is 32.2. The molecule has 3 aliphatic rings. The van der Waals surface area contributed by atoms with E-state index in [1.54, 1.807) is 77.0 Å². The van der Waals surface area contributed by atoms with Crippen LogP contribution in [0.15, 0.2) is 0 Å². The Morgan fingerprint density at radius 3 is 1.44 bits per heavy atom. The molecule has 0 unspecified atom stereocenters. The fraction of sp³-hybridized carbons (Fsp3) is 1.00. The molecule has 0 bridgehead atoms. The van der Waals surface area contributed by atoms with E-state index >= 15 is 0 Å². The summed E-state index contributed by atoms with van der Waals surface area (Å²) in [6.07, 6.45) is 20.3. The van der Waals surface area contributed by atoms with Gasteiger partial charge in [0.25, 0.3) is 0 Å². The molecule has 0 N–H and O–H groups in total. The lowest BCUT2D eigenvalue weighted by Crippen LogP contribution is -2.35. The Kier molecular flexibility index (Phi) is 3.27. The van der Waals surface area contributed by atoms with Crippen LogP contribution >= 0.6 is 0 Å². The maximum absolute atomic E-state index is 1.60. The molecule has 0 aromatic carbocycles. The van der Waals surface area contributed by atoms with Gasteiger partial charge in [-0.1, -0.05) is 44.9 Å². The summed E-state index contributed by atoms with van der Waals surface area (Å²) in [5.74, 6) is 2.27. The van der Waals surface area contributed by atoms with Gasteiger partial charge in [0, 0.05) is 0 Å². The molecule has 3 fully saturated rings. The van der Waals surface area contributed by atoms with E-state index in [0.717, 1.165) is 17.3 Å². The first kappa shape index (κ1) is 11.1. The predicted octanol–water partition coefficient (Wildman–Crippen LogP) is 5.32. The third kappa shape index (κ3) is 1.83. The van der Waals surface area contributed by atoms with E-state index in [-0.39, 0.29) is 0 Å². The van der Waals surface area contributed by atoms with Gasteiger partial charge in [-0.2, -0.15) is 0 Å². The van der Waals surface area contributed by atoms with Crippen molar-refractivity contribution in [3.63, 3.8) is 0 Å². The first-order valence-corrected chi connectivity index (χ1v) is 7.92. The molecule has 0 aromatic rings. The molecule has 92 valence electrons. The highest BCUT2D eigenvalue weighted by molar-refractivity contribution is 4.97. The molecule has 0 heteroatoms. The third-order valence-electron chi connectivity index (χ3n) is 6.12. The number of hydrogen-bond acceptors (Lipinski definition) is 0. The molecule has 3 aliphatic carbocycles. The molecule has 0 aliphatic heterocycles. The van der Waals surface area contributed by atoms with Crippen LogP contribution < -0.4 is 0 Å². The van der Waals surface area contributed by atoms with Crippen molar-refractivity contribution in [2.24, 2.45) is 17.3 Å². The van der Waals surface area contributed by atoms with Crippen molar-refractivity contribution in [3.05, 3.63) is 0 Å². The van der Waals surface area contributed by atoms with Crippen molar-refractivity contribution in [2.45, 2.75) is 83.5 Å². The van der Waals surface area contributed by atoms with E-state index < -0.39 is 0 Å². The van der Waals surface area contributed by atoms with Crippen LogP contribution in [0.4, 0.5) is 0 Å². The van der Waals surface area contributed by atoms with E-state index in [1.165, 1.54) is 6.42 Å². The lowest BCUT2D eigenvalue weighted by atomic mass is 9.60. The molecule has 0 saturated heterocycles. The second kappa shape index (κ2) is 4.70. The molecule has 3 rings (SSSR count). The Balaban J connectivity index is 1.77. The van der Waals surface area contributed by atoms with Crippen molar-refractivity contribution in [1.82, 2.24) is 0 Å². The van der Waals surface area contributed by atoms with Crippen LogP contribution in [0.25, 0.3) is 0 Å². The monoisotopic (exact) mass is 220 g/mol. The van der Waals surface area contributed by atoms with Gasteiger partial charge in [0.2, 0.25) is 0 Å². The fourth-order valence-electron chi connectivity index (χ4n) is 5.36. The third-order valence-corrected chi connectivity index (χ3v) is 6.12. The Morgan fingerprint density at radius 2 is 0.938 bits per heavy atom. The summed E-state index contributed by atoms with van der Waals surface area (Å²) < 4.78 is 0. The van der Waals surface area contributed by atoms with Gasteiger partial charge in [0.1, 0.15) is 0 Å². The first-order chi connectivity index (χ1) is 7.92. The minimum atomic E-state index is 0.844. The van der Waals surface area contributed by atoms with Gasteiger partial charge in [0.15, 0.2) is 0 Å². The summed E-state index contributed by atoms with van der Waals surface area (Å²) in [6.45, 7) is 0. The van der Waals surface area contributed by atoms with Crippen LogP contribution in [0.2, 0.25) is 0 Å². The Labute approximate surface area is 101 Å². The van der Waals surface area contributed by atoms with Crippen molar-refractivity contribution in [1.29, 1.82) is 0 Å². The van der Waals surface area contributed by atoms with Crippen molar-refractivity contribution in [3.8, 4) is 0 Å². The zero-order valence-corrected chi connectivity index (χ0v) is 10.8. The van der Waals surface area contributed by atoms with Gasteiger partial charge in [-0.25, -0.2) is 0 Å². The molecule has 0 amide bonds. The first-order valence-electron chi connectivity index (χ1n) is 7.92. The molecule has 16 heavy (non-hydrogen) atoms. The summed E-state index contributed by atoms with van der Waals surface area (Å²) in [6, 6.07) is 0. The standard InChI is InChI=1S/C16H28/c1-2-8-14(9-3-1)16(12-6-7-13-16)15-10-4-5-11-15/h14-15H,1-13H2. The van der Waals surface area contributed by atoms with Gasteiger partial charge in [-0.15, -0.1) is 0 Å². The molecular formula is C16H28. The van der Waals surface area contributed by atoms with Gasteiger partial charge < -0.3 is 0 Å². The van der Waals surface area contributed by atoms with Crippen molar-refractivity contribution in [2.75, 3.05) is 0 Å². The summed E-state index contributed by atoms with van der Waals surface area (Å²) in [4.78, 5) is 0. The molecule has 3 saturated carbocycles. The minimum absolute atomic E-state index is 0.844. The van der Waals surface area contributed by atoms with Crippen LogP contribution in [-0.2, 0) is 0 Å². The molecule has 0 atom stereocenters. The lowest BCUT2D eigenvalue weighted by Gasteiger charge is -2.44. The summed E-state index contributed by atoms with van der Waals surface area (Å²) in [7, 11) is 0. The Bertz CT molecular complexity index is 212. The predicted molar refractivity (Wildman–Crippen MR) is 69.4 cm³/mol. The van der Waals surface area contributed by atoms with Gasteiger partial charge in [0.05, 0.1) is 0 Å². The van der Waals surface area contributed by atoms with E-state index in [2.05, 4.69) is 0 Å². The van der Waals surface area contributed by atoms with Crippen LogP contribution in [0.1, 0.15) is 83.5 Å².